The molecule has 0 radical (unpaired) electrons. The number of benzene rings is 1. The van der Waals surface area contributed by atoms with Gasteiger partial charge in [-0.3, -0.25) is 4.79 Å². The third kappa shape index (κ3) is 2.33. The Morgan fingerprint density at radius 1 is 1.09 bits per heavy atom. The van der Waals surface area contributed by atoms with Crippen molar-refractivity contribution in [3.05, 3.63) is 45.9 Å². The van der Waals surface area contributed by atoms with E-state index in [1.54, 1.807) is 0 Å². The van der Waals surface area contributed by atoms with Gasteiger partial charge < -0.3 is 9.47 Å². The molecule has 0 N–H and O–H groups in total. The molecule has 3 saturated heterocycles. The summed E-state index contributed by atoms with van der Waals surface area (Å²) in [6, 6.07) is 6.60. The van der Waals surface area contributed by atoms with Crippen LogP contribution in [0.15, 0.2) is 29.2 Å². The molecule has 2 aromatic rings. The van der Waals surface area contributed by atoms with Crippen molar-refractivity contribution < 1.29 is 0 Å². The Labute approximate surface area is 137 Å². The fourth-order valence-corrected chi connectivity index (χ4v) is 4.65. The zero-order chi connectivity index (χ0) is 16.0. The minimum atomic E-state index is 0.214. The Morgan fingerprint density at radius 2 is 1.83 bits per heavy atom. The van der Waals surface area contributed by atoms with Crippen molar-refractivity contribution in [1.29, 1.82) is 0 Å². The highest BCUT2D eigenvalue weighted by Gasteiger charge is 2.35. The predicted molar refractivity (Wildman–Crippen MR) is 95.2 cm³/mol. The van der Waals surface area contributed by atoms with Crippen LogP contribution in [-0.2, 0) is 12.8 Å². The molecule has 3 fully saturated rings. The van der Waals surface area contributed by atoms with Gasteiger partial charge in [-0.15, -0.1) is 0 Å². The van der Waals surface area contributed by atoms with Crippen molar-refractivity contribution in [2.45, 2.75) is 45.6 Å². The molecule has 0 amide bonds. The lowest BCUT2D eigenvalue weighted by atomic mass is 9.83. The topological polar surface area (TPSA) is 25.2 Å². The smallest absolute Gasteiger partial charge is 0.258 e. The first-order valence-electron chi connectivity index (χ1n) is 9.10. The molecular weight excluding hydrogens is 284 g/mol. The number of fused-ring (bicyclic) bond motifs is 4. The maximum absolute atomic E-state index is 13.2. The maximum atomic E-state index is 13.2. The van der Waals surface area contributed by atoms with Gasteiger partial charge in [-0.05, 0) is 67.3 Å². The Hall–Kier alpha value is -1.61. The van der Waals surface area contributed by atoms with Crippen molar-refractivity contribution in [3.63, 3.8) is 0 Å². The van der Waals surface area contributed by atoms with Crippen molar-refractivity contribution in [2.75, 3.05) is 19.6 Å². The van der Waals surface area contributed by atoms with Gasteiger partial charge in [0.05, 0.1) is 6.04 Å². The second-order valence-corrected chi connectivity index (χ2v) is 7.12. The quantitative estimate of drug-likeness (QED) is 0.868. The van der Waals surface area contributed by atoms with Gasteiger partial charge >= 0.3 is 0 Å². The van der Waals surface area contributed by atoms with E-state index in [2.05, 4.69) is 35.6 Å². The Morgan fingerprint density at radius 3 is 2.43 bits per heavy atom. The van der Waals surface area contributed by atoms with E-state index in [0.717, 1.165) is 24.8 Å². The number of hydrogen-bond acceptors (Lipinski definition) is 2. The molecule has 3 aliphatic heterocycles. The summed E-state index contributed by atoms with van der Waals surface area (Å²) in [5.74, 6) is 0.675. The van der Waals surface area contributed by atoms with Gasteiger partial charge in [-0.1, -0.05) is 26.0 Å². The van der Waals surface area contributed by atoms with Gasteiger partial charge in [0.15, 0.2) is 0 Å². The lowest BCUT2D eigenvalue weighted by molar-refractivity contribution is 0.0555. The highest BCUT2D eigenvalue weighted by Crippen LogP contribution is 2.35. The number of aryl methyl sites for hydroxylation is 2. The average molecular weight is 310 g/mol. The first-order valence-corrected chi connectivity index (χ1v) is 9.10. The summed E-state index contributed by atoms with van der Waals surface area (Å²) in [4.78, 5) is 15.7. The van der Waals surface area contributed by atoms with Crippen molar-refractivity contribution in [1.82, 2.24) is 9.47 Å². The molecule has 1 aromatic heterocycles. The normalized spacial score (nSPS) is 26.8. The van der Waals surface area contributed by atoms with Crippen LogP contribution in [0.4, 0.5) is 0 Å². The molecule has 1 atom stereocenters. The number of aromatic nitrogens is 1. The number of pyridine rings is 1. The van der Waals surface area contributed by atoms with E-state index in [0.29, 0.717) is 12.0 Å². The molecule has 3 nitrogen and oxygen atoms in total. The van der Waals surface area contributed by atoms with E-state index in [1.165, 1.54) is 42.4 Å². The second-order valence-electron chi connectivity index (χ2n) is 7.12. The van der Waals surface area contributed by atoms with E-state index >= 15 is 0 Å². The third-order valence-corrected chi connectivity index (χ3v) is 5.97. The van der Waals surface area contributed by atoms with Crippen molar-refractivity contribution in [2.24, 2.45) is 5.92 Å². The van der Waals surface area contributed by atoms with Gasteiger partial charge in [-0.25, -0.2) is 0 Å². The Balaban J connectivity index is 1.92. The second kappa shape index (κ2) is 5.79. The van der Waals surface area contributed by atoms with Crippen molar-refractivity contribution in [3.8, 4) is 0 Å². The van der Waals surface area contributed by atoms with E-state index < -0.39 is 0 Å². The van der Waals surface area contributed by atoms with Crippen molar-refractivity contribution >= 4 is 10.8 Å². The van der Waals surface area contributed by atoms with Crippen LogP contribution in [0, 0.1) is 5.92 Å². The first kappa shape index (κ1) is 14.9. The predicted octanol–water partition coefficient (Wildman–Crippen LogP) is 3.39. The van der Waals surface area contributed by atoms with E-state index in [9.17, 15) is 4.79 Å². The summed E-state index contributed by atoms with van der Waals surface area (Å²) in [6.07, 6.45) is 6.62. The summed E-state index contributed by atoms with van der Waals surface area (Å²) >= 11 is 0. The van der Waals surface area contributed by atoms with Gasteiger partial charge in [-0.2, -0.15) is 0 Å². The number of hydrogen-bond donors (Lipinski definition) is 0. The number of nitrogens with zero attached hydrogens (tertiary/aromatic N) is 2. The first-order chi connectivity index (χ1) is 11.2. The largest absolute Gasteiger partial charge is 0.310 e. The van der Waals surface area contributed by atoms with Gasteiger partial charge in [0.2, 0.25) is 0 Å². The fraction of sp³-hybridized carbons (Fsp3) is 0.550. The van der Waals surface area contributed by atoms with Gasteiger partial charge in [0.25, 0.3) is 5.56 Å². The van der Waals surface area contributed by atoms with Crippen LogP contribution in [0.5, 0.6) is 0 Å². The SMILES string of the molecule is CCc1cccc2c(=O)n(C3CN4CCC3CC4)cc(CC)c12. The molecule has 1 aromatic carbocycles. The highest BCUT2D eigenvalue weighted by molar-refractivity contribution is 5.88. The monoisotopic (exact) mass is 310 g/mol. The summed E-state index contributed by atoms with van der Waals surface area (Å²) in [6.45, 7) is 7.85. The lowest BCUT2D eigenvalue weighted by Crippen LogP contribution is -2.50. The highest BCUT2D eigenvalue weighted by atomic mass is 16.1. The molecule has 5 rings (SSSR count). The van der Waals surface area contributed by atoms with Crippen LogP contribution in [0.25, 0.3) is 10.8 Å². The molecule has 2 bridgehead atoms. The Kier molecular flexibility index (Phi) is 3.76. The molecular formula is C20H26N2O. The molecule has 3 aliphatic rings. The number of rotatable bonds is 3. The summed E-state index contributed by atoms with van der Waals surface area (Å²) in [5, 5.41) is 2.13. The zero-order valence-electron chi connectivity index (χ0n) is 14.2. The fourth-order valence-electron chi connectivity index (χ4n) is 4.65. The summed E-state index contributed by atoms with van der Waals surface area (Å²) < 4.78 is 2.08. The van der Waals surface area contributed by atoms with Crippen LogP contribution in [0.3, 0.4) is 0 Å². The average Bonchev–Trinajstić information content (AvgIpc) is 2.62. The molecule has 3 heteroatoms. The van der Waals surface area contributed by atoms with Crippen LogP contribution in [0.2, 0.25) is 0 Å². The van der Waals surface area contributed by atoms with Crippen LogP contribution in [0.1, 0.15) is 43.9 Å². The molecule has 1 unspecified atom stereocenters. The summed E-state index contributed by atoms with van der Waals surface area (Å²) in [7, 11) is 0. The zero-order valence-corrected chi connectivity index (χ0v) is 14.2. The van der Waals surface area contributed by atoms with E-state index in [1.807, 2.05) is 12.1 Å². The minimum absolute atomic E-state index is 0.214. The number of piperidine rings is 3. The maximum Gasteiger partial charge on any atom is 0.258 e. The lowest BCUT2D eigenvalue weighted by Gasteiger charge is -2.45. The van der Waals surface area contributed by atoms with Gasteiger partial charge in [0, 0.05) is 18.1 Å². The minimum Gasteiger partial charge on any atom is -0.310 e. The molecule has 23 heavy (non-hydrogen) atoms. The van der Waals surface area contributed by atoms with Crippen LogP contribution < -0.4 is 5.56 Å². The summed E-state index contributed by atoms with van der Waals surface area (Å²) in [5.41, 5.74) is 2.84. The van der Waals surface area contributed by atoms with Crippen LogP contribution in [-0.4, -0.2) is 29.1 Å². The van der Waals surface area contributed by atoms with Gasteiger partial charge in [0.1, 0.15) is 0 Å². The van der Waals surface area contributed by atoms with E-state index in [4.69, 9.17) is 0 Å². The standard InChI is InChI=1S/C20H26N2O/c1-3-14-6-5-7-17-19(14)15(4-2)12-22(20(17)23)18-13-21-10-8-16(18)9-11-21/h5-7,12,16,18H,3-4,8-11,13H2,1-2H3. The molecule has 0 saturated carbocycles. The van der Waals surface area contributed by atoms with Crippen LogP contribution >= 0.6 is 0 Å². The molecule has 0 spiro atoms. The third-order valence-electron chi connectivity index (χ3n) is 5.97. The molecule has 122 valence electrons. The Bertz CT molecular complexity index is 784. The molecule has 0 aliphatic carbocycles. The molecule has 4 heterocycles. The van der Waals surface area contributed by atoms with E-state index in [-0.39, 0.29) is 5.56 Å².